The highest BCUT2D eigenvalue weighted by atomic mass is 16.5. The third-order valence-corrected chi connectivity index (χ3v) is 3.68. The van der Waals surface area contributed by atoms with Crippen molar-refractivity contribution in [3.63, 3.8) is 0 Å². The van der Waals surface area contributed by atoms with Crippen molar-refractivity contribution < 1.29 is 9.47 Å². The van der Waals surface area contributed by atoms with Gasteiger partial charge in [-0.1, -0.05) is 20.8 Å². The number of hydrogen-bond donors (Lipinski definition) is 1. The van der Waals surface area contributed by atoms with Gasteiger partial charge in [-0.05, 0) is 44.6 Å². The first-order valence-electron chi connectivity index (χ1n) is 7.54. The molecule has 0 saturated heterocycles. The zero-order chi connectivity index (χ0) is 13.4. The second-order valence-corrected chi connectivity index (χ2v) is 5.86. The fraction of sp³-hybridized carbons (Fsp3) is 1.00. The van der Waals surface area contributed by atoms with Crippen molar-refractivity contribution in [2.24, 2.45) is 5.92 Å². The van der Waals surface area contributed by atoms with Gasteiger partial charge in [-0.25, -0.2) is 0 Å². The zero-order valence-corrected chi connectivity index (χ0v) is 12.6. The quantitative estimate of drug-likeness (QED) is 0.725. The Morgan fingerprint density at radius 1 is 1.17 bits per heavy atom. The average Bonchev–Trinajstić information content (AvgIpc) is 2.37. The lowest BCUT2D eigenvalue weighted by Crippen LogP contribution is -2.36. The summed E-state index contributed by atoms with van der Waals surface area (Å²) in [7, 11) is 1.81. The Labute approximate surface area is 113 Å². The van der Waals surface area contributed by atoms with Crippen molar-refractivity contribution in [2.75, 3.05) is 20.2 Å². The molecule has 1 fully saturated rings. The molecule has 0 bridgehead atoms. The molecular formula is C15H31NO2. The van der Waals surface area contributed by atoms with Crippen molar-refractivity contribution in [3.05, 3.63) is 0 Å². The largest absolute Gasteiger partial charge is 0.381 e. The normalized spacial score (nSPS) is 26.5. The summed E-state index contributed by atoms with van der Waals surface area (Å²) in [6, 6.07) is 0. The molecule has 1 rings (SSSR count). The molecule has 1 saturated carbocycles. The summed E-state index contributed by atoms with van der Waals surface area (Å²) in [4.78, 5) is 0. The summed E-state index contributed by atoms with van der Waals surface area (Å²) in [5, 5.41) is 3.49. The van der Waals surface area contributed by atoms with E-state index in [1.165, 1.54) is 19.3 Å². The summed E-state index contributed by atoms with van der Waals surface area (Å²) in [5.74, 6) is 0.704. The van der Waals surface area contributed by atoms with E-state index >= 15 is 0 Å². The topological polar surface area (TPSA) is 30.5 Å². The van der Waals surface area contributed by atoms with Crippen LogP contribution in [0.25, 0.3) is 0 Å². The summed E-state index contributed by atoms with van der Waals surface area (Å²) >= 11 is 0. The van der Waals surface area contributed by atoms with Gasteiger partial charge in [0.15, 0.2) is 0 Å². The minimum absolute atomic E-state index is 0.351. The molecule has 3 nitrogen and oxygen atoms in total. The zero-order valence-electron chi connectivity index (χ0n) is 12.6. The Kier molecular flexibility index (Phi) is 7.87. The van der Waals surface area contributed by atoms with E-state index in [2.05, 4.69) is 26.1 Å². The summed E-state index contributed by atoms with van der Waals surface area (Å²) in [6.45, 7) is 8.73. The van der Waals surface area contributed by atoms with Crippen LogP contribution >= 0.6 is 0 Å². The number of nitrogens with one attached hydrogen (secondary N) is 1. The van der Waals surface area contributed by atoms with Gasteiger partial charge in [0.25, 0.3) is 0 Å². The molecule has 0 spiro atoms. The highest BCUT2D eigenvalue weighted by molar-refractivity contribution is 4.75. The van der Waals surface area contributed by atoms with Crippen LogP contribution < -0.4 is 5.32 Å². The Bertz CT molecular complexity index is 209. The van der Waals surface area contributed by atoms with Crippen LogP contribution in [-0.4, -0.2) is 38.5 Å². The molecule has 108 valence electrons. The van der Waals surface area contributed by atoms with E-state index in [4.69, 9.17) is 9.47 Å². The highest BCUT2D eigenvalue weighted by Crippen LogP contribution is 2.24. The fourth-order valence-electron chi connectivity index (χ4n) is 2.53. The van der Waals surface area contributed by atoms with Gasteiger partial charge in [-0.2, -0.15) is 0 Å². The maximum Gasteiger partial charge on any atom is 0.0700 e. The van der Waals surface area contributed by atoms with Crippen LogP contribution in [0.5, 0.6) is 0 Å². The monoisotopic (exact) mass is 257 g/mol. The lowest BCUT2D eigenvalue weighted by atomic mass is 9.94. The third-order valence-electron chi connectivity index (χ3n) is 3.68. The fourth-order valence-corrected chi connectivity index (χ4v) is 2.53. The Hall–Kier alpha value is -0.120. The van der Waals surface area contributed by atoms with Gasteiger partial charge >= 0.3 is 0 Å². The van der Waals surface area contributed by atoms with E-state index in [9.17, 15) is 0 Å². The minimum Gasteiger partial charge on any atom is -0.381 e. The van der Waals surface area contributed by atoms with Gasteiger partial charge in [0.2, 0.25) is 0 Å². The van der Waals surface area contributed by atoms with Gasteiger partial charge in [0.1, 0.15) is 0 Å². The van der Waals surface area contributed by atoms with Gasteiger partial charge in [-0.15, -0.1) is 0 Å². The van der Waals surface area contributed by atoms with Gasteiger partial charge in [-0.3, -0.25) is 0 Å². The van der Waals surface area contributed by atoms with Crippen LogP contribution in [0.15, 0.2) is 0 Å². The average molecular weight is 257 g/mol. The summed E-state index contributed by atoms with van der Waals surface area (Å²) in [5.41, 5.74) is 0. The Morgan fingerprint density at radius 2 is 1.89 bits per heavy atom. The van der Waals surface area contributed by atoms with E-state index < -0.39 is 0 Å². The van der Waals surface area contributed by atoms with Crippen molar-refractivity contribution in [1.29, 1.82) is 0 Å². The summed E-state index contributed by atoms with van der Waals surface area (Å²) < 4.78 is 11.7. The molecule has 3 unspecified atom stereocenters. The van der Waals surface area contributed by atoms with Crippen molar-refractivity contribution in [3.8, 4) is 0 Å². The SMILES string of the molecule is CCC(CNCC(C)C)OC1CCCC(OC)C1. The molecule has 1 aliphatic rings. The number of methoxy groups -OCH3 is 1. The van der Waals surface area contributed by atoms with Gasteiger partial charge in [0.05, 0.1) is 18.3 Å². The molecular weight excluding hydrogens is 226 g/mol. The van der Waals surface area contributed by atoms with Gasteiger partial charge < -0.3 is 14.8 Å². The number of rotatable bonds is 8. The van der Waals surface area contributed by atoms with Crippen LogP contribution in [0.3, 0.4) is 0 Å². The van der Waals surface area contributed by atoms with Crippen LogP contribution in [-0.2, 0) is 9.47 Å². The maximum atomic E-state index is 6.21. The molecule has 1 aliphatic carbocycles. The van der Waals surface area contributed by atoms with Crippen LogP contribution in [0, 0.1) is 5.92 Å². The predicted molar refractivity (Wildman–Crippen MR) is 75.9 cm³/mol. The molecule has 0 amide bonds. The molecule has 0 aromatic rings. The highest BCUT2D eigenvalue weighted by Gasteiger charge is 2.24. The standard InChI is InChI=1S/C15H31NO2/c1-5-13(11-16-10-12(2)3)18-15-8-6-7-14(9-15)17-4/h12-16H,5-11H2,1-4H3. The molecule has 18 heavy (non-hydrogen) atoms. The first kappa shape index (κ1) is 15.9. The minimum atomic E-state index is 0.351. The molecule has 0 heterocycles. The van der Waals surface area contributed by atoms with Crippen LogP contribution in [0.1, 0.15) is 52.9 Å². The van der Waals surface area contributed by atoms with E-state index in [1.807, 2.05) is 7.11 Å². The number of hydrogen-bond acceptors (Lipinski definition) is 3. The molecule has 3 atom stereocenters. The molecule has 0 aromatic heterocycles. The molecule has 0 aliphatic heterocycles. The summed E-state index contributed by atoms with van der Waals surface area (Å²) in [6.07, 6.45) is 6.93. The molecule has 0 radical (unpaired) electrons. The lowest BCUT2D eigenvalue weighted by molar-refractivity contribution is -0.0649. The smallest absolute Gasteiger partial charge is 0.0700 e. The second kappa shape index (κ2) is 8.89. The van der Waals surface area contributed by atoms with Crippen molar-refractivity contribution in [2.45, 2.75) is 71.2 Å². The molecule has 3 heteroatoms. The Morgan fingerprint density at radius 3 is 2.50 bits per heavy atom. The first-order valence-corrected chi connectivity index (χ1v) is 7.54. The predicted octanol–water partition coefficient (Wildman–Crippen LogP) is 2.98. The van der Waals surface area contributed by atoms with Crippen molar-refractivity contribution >= 4 is 0 Å². The first-order chi connectivity index (χ1) is 8.65. The Balaban J connectivity index is 2.24. The number of ether oxygens (including phenoxy) is 2. The maximum absolute atomic E-state index is 6.21. The molecule has 0 aromatic carbocycles. The van der Waals surface area contributed by atoms with E-state index in [0.717, 1.165) is 25.9 Å². The van der Waals surface area contributed by atoms with Gasteiger partial charge in [0, 0.05) is 13.7 Å². The van der Waals surface area contributed by atoms with Crippen molar-refractivity contribution in [1.82, 2.24) is 5.32 Å². The van der Waals surface area contributed by atoms with Crippen LogP contribution in [0.4, 0.5) is 0 Å². The van der Waals surface area contributed by atoms with Crippen LogP contribution in [0.2, 0.25) is 0 Å². The second-order valence-electron chi connectivity index (χ2n) is 5.86. The van der Waals surface area contributed by atoms with E-state index in [0.29, 0.717) is 24.2 Å². The van der Waals surface area contributed by atoms with E-state index in [1.54, 1.807) is 0 Å². The van der Waals surface area contributed by atoms with E-state index in [-0.39, 0.29) is 0 Å². The lowest BCUT2D eigenvalue weighted by Gasteiger charge is -2.31. The molecule has 1 N–H and O–H groups in total. The third kappa shape index (κ3) is 6.17.